The van der Waals surface area contributed by atoms with Crippen LogP contribution in [0.25, 0.3) is 0 Å². The molecule has 0 bridgehead atoms. The molecule has 0 spiro atoms. The predicted octanol–water partition coefficient (Wildman–Crippen LogP) is 2.94. The van der Waals surface area contributed by atoms with Gasteiger partial charge in [-0.25, -0.2) is 0 Å². The Hall–Kier alpha value is -0.800. The Morgan fingerprint density at radius 3 is 2.89 bits per heavy atom. The molecule has 1 aromatic heterocycles. The molecule has 2 atom stereocenters. The molecule has 18 heavy (non-hydrogen) atoms. The number of rotatable bonds is 5. The van der Waals surface area contributed by atoms with Gasteiger partial charge in [-0.05, 0) is 51.8 Å². The summed E-state index contributed by atoms with van der Waals surface area (Å²) in [6.45, 7) is 9.83. The molecule has 1 saturated heterocycles. The Balaban J connectivity index is 1.82. The van der Waals surface area contributed by atoms with Crippen LogP contribution in [-0.4, -0.2) is 30.1 Å². The second-order valence-corrected chi connectivity index (χ2v) is 5.51. The van der Waals surface area contributed by atoms with Crippen LogP contribution in [0.5, 0.6) is 0 Å². The number of piperidine rings is 1. The number of likely N-dealkylation sites (tertiary alicyclic amines) is 1. The molecule has 1 fully saturated rings. The Labute approximate surface area is 111 Å². The number of furan rings is 1. The zero-order valence-corrected chi connectivity index (χ0v) is 11.9. The van der Waals surface area contributed by atoms with Gasteiger partial charge in [-0.15, -0.1) is 0 Å². The molecule has 0 aliphatic carbocycles. The fourth-order valence-electron chi connectivity index (χ4n) is 2.76. The van der Waals surface area contributed by atoms with Gasteiger partial charge in [0.05, 0.1) is 6.54 Å². The van der Waals surface area contributed by atoms with Crippen LogP contribution in [0.2, 0.25) is 0 Å². The molecular formula is C15H26N2O. The van der Waals surface area contributed by atoms with E-state index in [-0.39, 0.29) is 0 Å². The van der Waals surface area contributed by atoms with Gasteiger partial charge in [-0.1, -0.05) is 6.92 Å². The van der Waals surface area contributed by atoms with Crippen molar-refractivity contribution < 1.29 is 4.42 Å². The molecule has 2 rings (SSSR count). The SMILES string of the molecule is CCCNC1CCN(Cc2ccc(C)o2)C(C)C1. The largest absolute Gasteiger partial charge is 0.465 e. The monoisotopic (exact) mass is 250 g/mol. The van der Waals surface area contributed by atoms with Crippen molar-refractivity contribution in [3.8, 4) is 0 Å². The number of hydrogen-bond donors (Lipinski definition) is 1. The Morgan fingerprint density at radius 2 is 2.28 bits per heavy atom. The van der Waals surface area contributed by atoms with E-state index in [0.717, 1.165) is 24.6 Å². The summed E-state index contributed by atoms with van der Waals surface area (Å²) >= 11 is 0. The molecule has 1 N–H and O–H groups in total. The van der Waals surface area contributed by atoms with Crippen molar-refractivity contribution in [1.82, 2.24) is 10.2 Å². The van der Waals surface area contributed by atoms with Crippen LogP contribution < -0.4 is 5.32 Å². The third-order valence-electron chi connectivity index (χ3n) is 3.85. The van der Waals surface area contributed by atoms with Crippen LogP contribution in [-0.2, 0) is 6.54 Å². The summed E-state index contributed by atoms with van der Waals surface area (Å²) in [6.07, 6.45) is 3.73. The third-order valence-corrected chi connectivity index (χ3v) is 3.85. The molecule has 0 aromatic carbocycles. The molecule has 3 nitrogen and oxygen atoms in total. The van der Waals surface area contributed by atoms with E-state index in [9.17, 15) is 0 Å². The highest BCUT2D eigenvalue weighted by Gasteiger charge is 2.25. The Morgan fingerprint density at radius 1 is 1.44 bits per heavy atom. The summed E-state index contributed by atoms with van der Waals surface area (Å²) in [5.74, 6) is 2.11. The highest BCUT2D eigenvalue weighted by molar-refractivity contribution is 5.05. The van der Waals surface area contributed by atoms with E-state index < -0.39 is 0 Å². The maximum Gasteiger partial charge on any atom is 0.118 e. The topological polar surface area (TPSA) is 28.4 Å². The van der Waals surface area contributed by atoms with Crippen molar-refractivity contribution in [1.29, 1.82) is 0 Å². The summed E-state index contributed by atoms with van der Waals surface area (Å²) in [6, 6.07) is 5.49. The molecule has 0 radical (unpaired) electrons. The second kappa shape index (κ2) is 6.39. The van der Waals surface area contributed by atoms with E-state index in [1.165, 1.54) is 25.8 Å². The van der Waals surface area contributed by atoms with Crippen molar-refractivity contribution in [2.24, 2.45) is 0 Å². The maximum absolute atomic E-state index is 5.67. The van der Waals surface area contributed by atoms with Crippen molar-refractivity contribution >= 4 is 0 Å². The quantitative estimate of drug-likeness (QED) is 0.871. The lowest BCUT2D eigenvalue weighted by Gasteiger charge is -2.37. The molecule has 1 aliphatic rings. The minimum Gasteiger partial charge on any atom is -0.465 e. The van der Waals surface area contributed by atoms with E-state index in [2.05, 4.69) is 36.2 Å². The van der Waals surface area contributed by atoms with Gasteiger partial charge in [0.1, 0.15) is 11.5 Å². The number of nitrogens with one attached hydrogen (secondary N) is 1. The fraction of sp³-hybridized carbons (Fsp3) is 0.733. The molecule has 0 saturated carbocycles. The molecule has 2 heterocycles. The molecule has 102 valence electrons. The van der Waals surface area contributed by atoms with Crippen LogP contribution in [0.3, 0.4) is 0 Å². The van der Waals surface area contributed by atoms with Crippen molar-refractivity contribution in [3.05, 3.63) is 23.7 Å². The van der Waals surface area contributed by atoms with Crippen LogP contribution in [0, 0.1) is 6.92 Å². The summed E-state index contributed by atoms with van der Waals surface area (Å²) in [5.41, 5.74) is 0. The van der Waals surface area contributed by atoms with Crippen LogP contribution in [0.4, 0.5) is 0 Å². The summed E-state index contributed by atoms with van der Waals surface area (Å²) < 4.78 is 5.67. The Kier molecular flexibility index (Phi) is 4.84. The first-order chi connectivity index (χ1) is 8.69. The van der Waals surface area contributed by atoms with E-state index >= 15 is 0 Å². The van der Waals surface area contributed by atoms with Gasteiger partial charge in [0.2, 0.25) is 0 Å². The smallest absolute Gasteiger partial charge is 0.118 e. The molecule has 3 heteroatoms. The van der Waals surface area contributed by atoms with E-state index in [0.29, 0.717) is 12.1 Å². The zero-order valence-electron chi connectivity index (χ0n) is 11.9. The predicted molar refractivity (Wildman–Crippen MR) is 74.6 cm³/mol. The second-order valence-electron chi connectivity index (χ2n) is 5.51. The van der Waals surface area contributed by atoms with E-state index in [1.54, 1.807) is 0 Å². The minimum absolute atomic E-state index is 0.638. The fourth-order valence-corrected chi connectivity index (χ4v) is 2.76. The number of hydrogen-bond acceptors (Lipinski definition) is 3. The first-order valence-corrected chi connectivity index (χ1v) is 7.21. The highest BCUT2D eigenvalue weighted by atomic mass is 16.3. The molecule has 2 unspecified atom stereocenters. The van der Waals surface area contributed by atoms with Gasteiger partial charge in [0.15, 0.2) is 0 Å². The van der Waals surface area contributed by atoms with Gasteiger partial charge in [-0.3, -0.25) is 4.90 Å². The third kappa shape index (κ3) is 3.59. The van der Waals surface area contributed by atoms with Gasteiger partial charge >= 0.3 is 0 Å². The average Bonchev–Trinajstić information content (AvgIpc) is 2.75. The zero-order chi connectivity index (χ0) is 13.0. The average molecular weight is 250 g/mol. The van der Waals surface area contributed by atoms with E-state index in [1.807, 2.05) is 6.92 Å². The van der Waals surface area contributed by atoms with E-state index in [4.69, 9.17) is 4.42 Å². The Bertz CT molecular complexity index is 361. The first-order valence-electron chi connectivity index (χ1n) is 7.21. The lowest BCUT2D eigenvalue weighted by molar-refractivity contribution is 0.119. The summed E-state index contributed by atoms with van der Waals surface area (Å²) in [7, 11) is 0. The molecule has 1 aromatic rings. The molecule has 0 amide bonds. The summed E-state index contributed by atoms with van der Waals surface area (Å²) in [5, 5.41) is 3.64. The summed E-state index contributed by atoms with van der Waals surface area (Å²) in [4.78, 5) is 2.53. The van der Waals surface area contributed by atoms with Crippen LogP contribution >= 0.6 is 0 Å². The maximum atomic E-state index is 5.67. The molecular weight excluding hydrogens is 224 g/mol. The first kappa shape index (κ1) is 13.6. The van der Waals surface area contributed by atoms with Gasteiger partial charge in [0, 0.05) is 18.6 Å². The highest BCUT2D eigenvalue weighted by Crippen LogP contribution is 2.20. The number of aryl methyl sites for hydroxylation is 1. The van der Waals surface area contributed by atoms with Crippen molar-refractivity contribution in [2.45, 2.75) is 58.7 Å². The van der Waals surface area contributed by atoms with Crippen molar-refractivity contribution in [3.63, 3.8) is 0 Å². The lowest BCUT2D eigenvalue weighted by Crippen LogP contribution is -2.47. The van der Waals surface area contributed by atoms with Crippen molar-refractivity contribution in [2.75, 3.05) is 13.1 Å². The minimum atomic E-state index is 0.638. The lowest BCUT2D eigenvalue weighted by atomic mass is 9.98. The van der Waals surface area contributed by atoms with Gasteiger partial charge in [-0.2, -0.15) is 0 Å². The number of nitrogens with zero attached hydrogens (tertiary/aromatic N) is 1. The molecule has 1 aliphatic heterocycles. The van der Waals surface area contributed by atoms with Gasteiger partial charge < -0.3 is 9.73 Å². The van der Waals surface area contributed by atoms with Crippen LogP contribution in [0.15, 0.2) is 16.5 Å². The standard InChI is InChI=1S/C15H26N2O/c1-4-8-16-14-7-9-17(12(2)10-14)11-15-6-5-13(3)18-15/h5-6,12,14,16H,4,7-11H2,1-3H3. The van der Waals surface area contributed by atoms with Crippen LogP contribution in [0.1, 0.15) is 44.6 Å². The normalized spacial score (nSPS) is 25.5. The van der Waals surface area contributed by atoms with Gasteiger partial charge in [0.25, 0.3) is 0 Å².